The summed E-state index contributed by atoms with van der Waals surface area (Å²) in [7, 11) is 0. The van der Waals surface area contributed by atoms with Crippen LogP contribution >= 0.6 is 31.9 Å². The number of aromatic hydroxyl groups is 1. The zero-order chi connectivity index (χ0) is 19.9. The molecule has 140 valence electrons. The maximum atomic E-state index is 12.8. The lowest BCUT2D eigenvalue weighted by atomic mass is 10.0. The largest absolute Gasteiger partial charge is 0.506 e. The molecule has 0 heterocycles. The van der Waals surface area contributed by atoms with Crippen molar-refractivity contribution in [1.29, 1.82) is 0 Å². The predicted octanol–water partition coefficient (Wildman–Crippen LogP) is 6.21. The molecule has 26 heavy (non-hydrogen) atoms. The Morgan fingerprint density at radius 2 is 1.27 bits per heavy atom. The van der Waals surface area contributed by atoms with Crippen LogP contribution in [0.5, 0.6) is 5.75 Å². The average Bonchev–Trinajstić information content (AvgIpc) is 2.50. The first-order valence-corrected chi connectivity index (χ1v) is 8.16. The van der Waals surface area contributed by atoms with Crippen molar-refractivity contribution in [3.8, 4) is 5.75 Å². The molecule has 0 aliphatic rings. The molecule has 0 bridgehead atoms. The molecule has 0 atom stereocenters. The molecule has 0 spiro atoms. The summed E-state index contributed by atoms with van der Waals surface area (Å²) < 4.78 is 77.3. The van der Waals surface area contributed by atoms with E-state index < -0.39 is 35.0 Å². The fourth-order valence-electron chi connectivity index (χ4n) is 1.93. The summed E-state index contributed by atoms with van der Waals surface area (Å²) in [4.78, 5) is 12.1. The zero-order valence-corrected chi connectivity index (χ0v) is 15.4. The standard InChI is InChI=1S/C15H7Br2F6NO2/c16-10-4-9(5-11(17)12(10)25)24-13(26)6-1-7(14(18,19)20)3-8(2-6)15(21,22)23/h1-5,25H,(H,24,26). The van der Waals surface area contributed by atoms with E-state index in [0.29, 0.717) is 12.1 Å². The third kappa shape index (κ3) is 4.70. The van der Waals surface area contributed by atoms with E-state index in [1.807, 2.05) is 0 Å². The molecular formula is C15H7Br2F6NO2. The van der Waals surface area contributed by atoms with Gasteiger partial charge in [-0.2, -0.15) is 26.3 Å². The number of phenols is 1. The molecule has 0 aromatic heterocycles. The van der Waals surface area contributed by atoms with Gasteiger partial charge in [0.1, 0.15) is 5.75 Å². The van der Waals surface area contributed by atoms with Crippen LogP contribution < -0.4 is 5.32 Å². The molecule has 2 aromatic rings. The summed E-state index contributed by atoms with van der Waals surface area (Å²) in [5.74, 6) is -1.37. The van der Waals surface area contributed by atoms with E-state index in [2.05, 4.69) is 37.2 Å². The number of amides is 1. The molecule has 2 aromatic carbocycles. The van der Waals surface area contributed by atoms with Crippen molar-refractivity contribution in [2.75, 3.05) is 5.32 Å². The van der Waals surface area contributed by atoms with Crippen molar-refractivity contribution in [3.05, 3.63) is 56.0 Å². The molecule has 11 heteroatoms. The summed E-state index contributed by atoms with van der Waals surface area (Å²) in [6.45, 7) is 0. The third-order valence-corrected chi connectivity index (χ3v) is 4.33. The summed E-state index contributed by atoms with van der Waals surface area (Å²) >= 11 is 5.98. The summed E-state index contributed by atoms with van der Waals surface area (Å²) in [5, 5.41) is 11.8. The van der Waals surface area contributed by atoms with Crippen LogP contribution in [0, 0.1) is 0 Å². The Morgan fingerprint density at radius 1 is 0.846 bits per heavy atom. The topological polar surface area (TPSA) is 49.3 Å². The van der Waals surface area contributed by atoms with Crippen LogP contribution in [0.4, 0.5) is 32.0 Å². The Bertz CT molecular complexity index is 809. The second-order valence-corrected chi connectivity index (χ2v) is 6.75. The van der Waals surface area contributed by atoms with E-state index in [0.717, 1.165) is 0 Å². The van der Waals surface area contributed by atoms with Crippen molar-refractivity contribution in [1.82, 2.24) is 0 Å². The van der Waals surface area contributed by atoms with Gasteiger partial charge in [-0.05, 0) is 62.2 Å². The highest BCUT2D eigenvalue weighted by Gasteiger charge is 2.37. The van der Waals surface area contributed by atoms with Crippen LogP contribution in [0.3, 0.4) is 0 Å². The van der Waals surface area contributed by atoms with E-state index in [-0.39, 0.29) is 26.4 Å². The highest BCUT2D eigenvalue weighted by atomic mass is 79.9. The lowest BCUT2D eigenvalue weighted by Gasteiger charge is -2.14. The monoisotopic (exact) mass is 505 g/mol. The SMILES string of the molecule is O=C(Nc1cc(Br)c(O)c(Br)c1)c1cc(C(F)(F)F)cc(C(F)(F)F)c1. The average molecular weight is 507 g/mol. The molecule has 0 aliphatic carbocycles. The fraction of sp³-hybridized carbons (Fsp3) is 0.133. The minimum Gasteiger partial charge on any atom is -0.506 e. The summed E-state index contributed by atoms with van der Waals surface area (Å²) in [5.41, 5.74) is -3.96. The van der Waals surface area contributed by atoms with Crippen molar-refractivity contribution in [2.24, 2.45) is 0 Å². The molecule has 0 aliphatic heterocycles. The molecule has 3 nitrogen and oxygen atoms in total. The first kappa shape index (κ1) is 20.6. The van der Waals surface area contributed by atoms with Crippen molar-refractivity contribution >= 4 is 43.5 Å². The second kappa shape index (κ2) is 7.10. The number of rotatable bonds is 2. The van der Waals surface area contributed by atoms with Crippen LogP contribution in [-0.4, -0.2) is 11.0 Å². The van der Waals surface area contributed by atoms with Gasteiger partial charge in [-0.15, -0.1) is 0 Å². The second-order valence-electron chi connectivity index (χ2n) is 5.04. The van der Waals surface area contributed by atoms with Crippen molar-refractivity contribution < 1.29 is 36.2 Å². The number of hydrogen-bond acceptors (Lipinski definition) is 2. The highest BCUT2D eigenvalue weighted by molar-refractivity contribution is 9.11. The minimum atomic E-state index is -5.05. The highest BCUT2D eigenvalue weighted by Crippen LogP contribution is 2.37. The van der Waals surface area contributed by atoms with Gasteiger partial charge in [-0.1, -0.05) is 0 Å². The molecular weight excluding hydrogens is 500 g/mol. The molecule has 2 N–H and O–H groups in total. The quantitative estimate of drug-likeness (QED) is 0.376. The lowest BCUT2D eigenvalue weighted by molar-refractivity contribution is -0.143. The maximum absolute atomic E-state index is 12.8. The fourth-order valence-corrected chi connectivity index (χ4v) is 3.11. The predicted molar refractivity (Wildman–Crippen MR) is 87.9 cm³/mol. The summed E-state index contributed by atoms with van der Waals surface area (Å²) in [6, 6.07) is 3.06. The normalized spacial score (nSPS) is 12.2. The number of carbonyl (C=O) groups is 1. The number of benzene rings is 2. The van der Waals surface area contributed by atoms with Gasteiger partial charge in [0.2, 0.25) is 0 Å². The van der Waals surface area contributed by atoms with Crippen LogP contribution in [0.25, 0.3) is 0 Å². The number of hydrogen-bond donors (Lipinski definition) is 2. The molecule has 0 radical (unpaired) electrons. The van der Waals surface area contributed by atoms with Crippen molar-refractivity contribution in [2.45, 2.75) is 12.4 Å². The lowest BCUT2D eigenvalue weighted by Crippen LogP contribution is -2.17. The zero-order valence-electron chi connectivity index (χ0n) is 12.3. The minimum absolute atomic E-state index is 0.0394. The van der Waals surface area contributed by atoms with E-state index in [9.17, 15) is 36.2 Å². The first-order chi connectivity index (χ1) is 11.8. The first-order valence-electron chi connectivity index (χ1n) is 6.58. The van der Waals surface area contributed by atoms with E-state index in [1.54, 1.807) is 0 Å². The van der Waals surface area contributed by atoms with Gasteiger partial charge in [0.25, 0.3) is 5.91 Å². The maximum Gasteiger partial charge on any atom is 0.416 e. The van der Waals surface area contributed by atoms with Crippen molar-refractivity contribution in [3.63, 3.8) is 0 Å². The third-order valence-electron chi connectivity index (χ3n) is 3.12. The van der Waals surface area contributed by atoms with Gasteiger partial charge in [0, 0.05) is 11.3 Å². The Kier molecular flexibility index (Phi) is 5.62. The van der Waals surface area contributed by atoms with Gasteiger partial charge in [0.05, 0.1) is 20.1 Å². The molecule has 0 unspecified atom stereocenters. The summed E-state index contributed by atoms with van der Waals surface area (Å²) in [6.07, 6.45) is -10.1. The van der Waals surface area contributed by atoms with Crippen LogP contribution in [0.15, 0.2) is 39.3 Å². The number of carbonyl (C=O) groups excluding carboxylic acids is 1. The van der Waals surface area contributed by atoms with E-state index >= 15 is 0 Å². The van der Waals surface area contributed by atoms with Gasteiger partial charge in [-0.3, -0.25) is 4.79 Å². The Balaban J connectivity index is 2.45. The number of anilines is 1. The number of nitrogens with one attached hydrogen (secondary N) is 1. The van der Waals surface area contributed by atoms with Crippen LogP contribution in [0.1, 0.15) is 21.5 Å². The van der Waals surface area contributed by atoms with Gasteiger partial charge < -0.3 is 10.4 Å². The molecule has 0 saturated heterocycles. The molecule has 2 rings (SSSR count). The Hall–Kier alpha value is -1.75. The van der Waals surface area contributed by atoms with Gasteiger partial charge in [0.15, 0.2) is 0 Å². The van der Waals surface area contributed by atoms with Crippen LogP contribution in [-0.2, 0) is 12.4 Å². The van der Waals surface area contributed by atoms with E-state index in [4.69, 9.17) is 0 Å². The number of phenolic OH excluding ortho intramolecular Hbond substituents is 1. The molecule has 1 amide bonds. The molecule has 0 fully saturated rings. The Labute approximate surface area is 159 Å². The van der Waals surface area contributed by atoms with Gasteiger partial charge >= 0.3 is 12.4 Å². The van der Waals surface area contributed by atoms with Gasteiger partial charge in [-0.25, -0.2) is 0 Å². The number of alkyl halides is 6. The molecule has 0 saturated carbocycles. The smallest absolute Gasteiger partial charge is 0.416 e. The van der Waals surface area contributed by atoms with Crippen LogP contribution in [0.2, 0.25) is 0 Å². The van der Waals surface area contributed by atoms with E-state index in [1.165, 1.54) is 12.1 Å². The Morgan fingerprint density at radius 3 is 1.65 bits per heavy atom. The number of halogens is 8.